The Morgan fingerprint density at radius 3 is 2.42 bits per heavy atom. The van der Waals surface area contributed by atoms with Crippen molar-refractivity contribution in [2.45, 2.75) is 20.0 Å². The van der Waals surface area contributed by atoms with E-state index in [-0.39, 0.29) is 0 Å². The van der Waals surface area contributed by atoms with E-state index in [2.05, 4.69) is 0 Å². The number of nitrogens with zero attached hydrogens (tertiary/aromatic N) is 4. The average Bonchev–Trinajstić information content (AvgIpc) is 3.27. The molecule has 1 aliphatic heterocycles. The zero-order valence-electron chi connectivity index (χ0n) is 21.6. The van der Waals surface area contributed by atoms with Gasteiger partial charge in [-0.3, -0.25) is 0 Å². The van der Waals surface area contributed by atoms with E-state index >= 15 is 0 Å². The van der Waals surface area contributed by atoms with Crippen molar-refractivity contribution in [3.63, 3.8) is 0 Å². The summed E-state index contributed by atoms with van der Waals surface area (Å²) in [7, 11) is 4.24. The number of aliphatic hydroxyl groups excluding tert-OH is 1. The fraction of sp³-hybridized carbons (Fsp3) is 0.207. The molecule has 0 saturated carbocycles. The first-order chi connectivity index (χ1) is 18.6. The number of fused-ring (bicyclic) bond motifs is 2. The molecule has 0 fully saturated rings. The Morgan fingerprint density at radius 2 is 1.71 bits per heavy atom. The normalized spacial score (nSPS) is 11.5. The summed E-state index contributed by atoms with van der Waals surface area (Å²) in [4.78, 5) is 9.56. The summed E-state index contributed by atoms with van der Waals surface area (Å²) in [6, 6.07) is 21.5. The molecule has 38 heavy (non-hydrogen) atoms. The molecule has 3 aromatic carbocycles. The molecule has 0 spiro atoms. The number of rotatable bonds is 6. The minimum absolute atomic E-state index is 0.442. The van der Waals surface area contributed by atoms with Crippen LogP contribution in [0.4, 0.5) is 0 Å². The zero-order valence-corrected chi connectivity index (χ0v) is 21.6. The van der Waals surface area contributed by atoms with Crippen LogP contribution < -0.4 is 18.9 Å². The highest BCUT2D eigenvalue weighted by Crippen LogP contribution is 2.41. The fourth-order valence-corrected chi connectivity index (χ4v) is 4.44. The van der Waals surface area contributed by atoms with E-state index in [4.69, 9.17) is 39.1 Å². The van der Waals surface area contributed by atoms with Crippen LogP contribution >= 0.6 is 0 Å². The van der Waals surface area contributed by atoms with E-state index in [0.717, 1.165) is 46.6 Å². The highest BCUT2D eigenvalue weighted by atomic mass is 16.5. The van der Waals surface area contributed by atoms with Crippen LogP contribution in [0.2, 0.25) is 0 Å². The molecular weight excluding hydrogens is 484 g/mol. The summed E-state index contributed by atoms with van der Waals surface area (Å²) in [6.45, 7) is 2.42. The Kier molecular flexibility index (Phi) is 7.10. The number of imidazole rings is 1. The maximum Gasteiger partial charge on any atom is 0.249 e. The first-order valence-corrected chi connectivity index (χ1v) is 12.0. The highest BCUT2D eigenvalue weighted by Gasteiger charge is 2.25. The van der Waals surface area contributed by atoms with Gasteiger partial charge in [0, 0.05) is 30.7 Å². The van der Waals surface area contributed by atoms with Crippen LogP contribution in [0.15, 0.2) is 66.7 Å². The molecule has 6 rings (SSSR count). The molecule has 5 aromatic rings. The van der Waals surface area contributed by atoms with Gasteiger partial charge in [0.15, 0.2) is 22.8 Å². The predicted octanol–water partition coefficient (Wildman–Crippen LogP) is 5.00. The molecule has 0 unspecified atom stereocenters. The van der Waals surface area contributed by atoms with Gasteiger partial charge in [-0.1, -0.05) is 30.3 Å². The first-order valence-electron chi connectivity index (χ1n) is 12.0. The largest absolute Gasteiger partial charge is 0.493 e. The van der Waals surface area contributed by atoms with Crippen LogP contribution in [0, 0.1) is 6.92 Å². The molecule has 3 heterocycles. The Labute approximate surface area is 220 Å². The third-order valence-electron chi connectivity index (χ3n) is 6.16. The minimum atomic E-state index is 0.442. The summed E-state index contributed by atoms with van der Waals surface area (Å²) >= 11 is 0. The minimum Gasteiger partial charge on any atom is -0.493 e. The molecule has 9 heteroatoms. The Bertz CT molecular complexity index is 1570. The summed E-state index contributed by atoms with van der Waals surface area (Å²) in [6.07, 6.45) is 0.539. The molecule has 194 valence electrons. The van der Waals surface area contributed by atoms with Crippen molar-refractivity contribution in [1.29, 1.82) is 0 Å². The molecule has 0 aliphatic carbocycles. The smallest absolute Gasteiger partial charge is 0.249 e. The second kappa shape index (κ2) is 10.8. The molecule has 9 nitrogen and oxygen atoms in total. The van der Waals surface area contributed by atoms with Crippen molar-refractivity contribution in [3.05, 3.63) is 89.4 Å². The predicted molar refractivity (Wildman–Crippen MR) is 142 cm³/mol. The summed E-state index contributed by atoms with van der Waals surface area (Å²) in [5, 5.41) is 11.8. The second-order valence-electron chi connectivity index (χ2n) is 8.50. The van der Waals surface area contributed by atoms with E-state index in [0.29, 0.717) is 42.0 Å². The van der Waals surface area contributed by atoms with E-state index in [1.54, 1.807) is 24.8 Å². The van der Waals surface area contributed by atoms with Crippen LogP contribution in [0.5, 0.6) is 28.9 Å². The van der Waals surface area contributed by atoms with E-state index in [1.165, 1.54) is 0 Å². The van der Waals surface area contributed by atoms with Crippen molar-refractivity contribution in [3.8, 4) is 40.3 Å². The lowest BCUT2D eigenvalue weighted by Crippen LogP contribution is -2.06. The number of benzene rings is 3. The van der Waals surface area contributed by atoms with Crippen molar-refractivity contribution in [2.24, 2.45) is 0 Å². The average molecular weight is 513 g/mol. The number of aliphatic hydroxyl groups is 1. The van der Waals surface area contributed by atoms with Gasteiger partial charge in [0.05, 0.1) is 19.9 Å². The van der Waals surface area contributed by atoms with E-state index < -0.39 is 0 Å². The molecule has 1 aliphatic rings. The summed E-state index contributed by atoms with van der Waals surface area (Å²) < 4.78 is 25.1. The highest BCUT2D eigenvalue weighted by molar-refractivity contribution is 5.68. The van der Waals surface area contributed by atoms with Crippen LogP contribution in [-0.4, -0.2) is 46.0 Å². The van der Waals surface area contributed by atoms with Crippen molar-refractivity contribution < 1.29 is 24.1 Å². The lowest BCUT2D eigenvalue weighted by Gasteiger charge is -2.18. The van der Waals surface area contributed by atoms with Crippen molar-refractivity contribution >= 4 is 5.52 Å². The molecule has 2 aromatic heterocycles. The summed E-state index contributed by atoms with van der Waals surface area (Å²) in [5.41, 5.74) is 4.44. The number of ether oxygens (including phenoxy) is 4. The van der Waals surface area contributed by atoms with Gasteiger partial charge in [0.2, 0.25) is 5.88 Å². The quantitative estimate of drug-likeness (QED) is 0.333. The zero-order chi connectivity index (χ0) is 26.6. The van der Waals surface area contributed by atoms with Crippen LogP contribution in [0.1, 0.15) is 22.6 Å². The third kappa shape index (κ3) is 4.71. The van der Waals surface area contributed by atoms with Gasteiger partial charge in [0.25, 0.3) is 0 Å². The second-order valence-corrected chi connectivity index (χ2v) is 8.50. The number of hydrogen-bond acceptors (Lipinski definition) is 8. The van der Waals surface area contributed by atoms with Gasteiger partial charge in [-0.15, -0.1) is 5.10 Å². The van der Waals surface area contributed by atoms with Gasteiger partial charge in [-0.2, -0.15) is 4.98 Å². The van der Waals surface area contributed by atoms with E-state index in [9.17, 15) is 0 Å². The molecule has 0 atom stereocenters. The van der Waals surface area contributed by atoms with Gasteiger partial charge < -0.3 is 24.1 Å². The Morgan fingerprint density at radius 1 is 0.947 bits per heavy atom. The van der Waals surface area contributed by atoms with Gasteiger partial charge in [-0.25, -0.2) is 9.50 Å². The van der Waals surface area contributed by atoms with Crippen molar-refractivity contribution in [1.82, 2.24) is 19.6 Å². The molecule has 0 saturated heterocycles. The SMILES string of the molecule is CO.COc1cc2cc(c1OC)Cc1nc(C)n3nc(-c4ccc(OCc5ccccc5)cc4)nc(c13)O2. The molecule has 0 amide bonds. The van der Waals surface area contributed by atoms with Crippen LogP contribution in [0.3, 0.4) is 0 Å². The maximum atomic E-state index is 7.00. The number of aromatic nitrogens is 4. The van der Waals surface area contributed by atoms with Gasteiger partial charge in [0.1, 0.15) is 23.9 Å². The van der Waals surface area contributed by atoms with Crippen molar-refractivity contribution in [2.75, 3.05) is 21.3 Å². The van der Waals surface area contributed by atoms with Gasteiger partial charge in [-0.05, 0) is 42.8 Å². The maximum absolute atomic E-state index is 7.00. The molecule has 2 bridgehead atoms. The Hall–Kier alpha value is -4.63. The molecule has 1 N–H and O–H groups in total. The molecular formula is C29H28N4O5. The monoisotopic (exact) mass is 512 g/mol. The van der Waals surface area contributed by atoms with E-state index in [1.807, 2.05) is 67.6 Å². The number of methoxy groups -OCH3 is 2. The standard InChI is InChI=1S/C28H24N4O4.CH4O/c1-17-29-23-14-20-13-22(15-24(33-2)26(20)34-3)36-28-25(23)32(17)31-27(30-28)19-9-11-21(12-10-19)35-16-18-7-5-4-6-8-18;1-2/h4-13,15H,14,16H2,1-3H3;2H,1H3. The van der Waals surface area contributed by atoms with Crippen LogP contribution in [-0.2, 0) is 13.0 Å². The fourth-order valence-electron chi connectivity index (χ4n) is 4.44. The first kappa shape index (κ1) is 25.0. The number of aryl methyl sites for hydroxylation is 1. The lowest BCUT2D eigenvalue weighted by molar-refractivity contribution is 0.306. The van der Waals surface area contributed by atoms with Crippen LogP contribution in [0.25, 0.3) is 16.9 Å². The summed E-state index contributed by atoms with van der Waals surface area (Å²) in [5.74, 6) is 4.37. The Balaban J connectivity index is 0.00000144. The molecule has 0 radical (unpaired) electrons. The number of hydrogen-bond donors (Lipinski definition) is 1. The topological polar surface area (TPSA) is 100 Å². The van der Waals surface area contributed by atoms with Gasteiger partial charge >= 0.3 is 0 Å². The lowest BCUT2D eigenvalue weighted by atomic mass is 10.1. The third-order valence-corrected chi connectivity index (χ3v) is 6.16.